The lowest BCUT2D eigenvalue weighted by Gasteiger charge is -2.14. The van der Waals surface area contributed by atoms with Gasteiger partial charge in [-0.3, -0.25) is 14.3 Å². The fourth-order valence-electron chi connectivity index (χ4n) is 2.80. The zero-order valence-corrected chi connectivity index (χ0v) is 14.6. The number of aryl methyl sites for hydroxylation is 1. The predicted octanol–water partition coefficient (Wildman–Crippen LogP) is 2.26. The van der Waals surface area contributed by atoms with Crippen molar-refractivity contribution in [1.82, 2.24) is 15.1 Å². The molecule has 2 aromatic heterocycles. The number of aromatic nitrogens is 2. The molecule has 0 radical (unpaired) electrons. The van der Waals surface area contributed by atoms with E-state index < -0.39 is 5.97 Å². The number of rotatable bonds is 7. The maximum absolute atomic E-state index is 12.1. The van der Waals surface area contributed by atoms with E-state index in [-0.39, 0.29) is 36.5 Å². The first-order chi connectivity index (χ1) is 11.7. The Morgan fingerprint density at radius 1 is 1.32 bits per heavy atom. The molecule has 0 aliphatic rings. The molecule has 8 heteroatoms. The number of ketones is 1. The molecule has 1 amide bonds. The van der Waals surface area contributed by atoms with Gasteiger partial charge in [0.25, 0.3) is 0 Å². The van der Waals surface area contributed by atoms with Crippen molar-refractivity contribution in [3.63, 3.8) is 0 Å². The normalized spacial score (nSPS) is 12.0. The van der Waals surface area contributed by atoms with E-state index in [0.29, 0.717) is 17.0 Å². The molecule has 0 aromatic carbocycles. The zero-order valence-electron chi connectivity index (χ0n) is 14.6. The van der Waals surface area contributed by atoms with Crippen molar-refractivity contribution in [2.75, 3.05) is 0 Å². The average molecular weight is 347 g/mol. The van der Waals surface area contributed by atoms with Gasteiger partial charge in [-0.05, 0) is 39.8 Å². The fraction of sp³-hybridized carbons (Fsp3) is 0.412. The van der Waals surface area contributed by atoms with Crippen molar-refractivity contribution < 1.29 is 23.9 Å². The Morgan fingerprint density at radius 3 is 2.52 bits per heavy atom. The molecule has 0 spiro atoms. The summed E-state index contributed by atoms with van der Waals surface area (Å²) in [6, 6.07) is 2.62. The van der Waals surface area contributed by atoms with Crippen molar-refractivity contribution in [3.8, 4) is 0 Å². The van der Waals surface area contributed by atoms with Crippen LogP contribution in [0.5, 0.6) is 0 Å². The molecule has 2 N–H and O–H groups in total. The maximum Gasteiger partial charge on any atom is 0.371 e. The van der Waals surface area contributed by atoms with Crippen LogP contribution in [-0.2, 0) is 11.3 Å². The monoisotopic (exact) mass is 347 g/mol. The Kier molecular flexibility index (Phi) is 5.41. The molecule has 0 aliphatic carbocycles. The van der Waals surface area contributed by atoms with E-state index >= 15 is 0 Å². The topological polar surface area (TPSA) is 114 Å². The number of nitrogens with zero attached hydrogens (tertiary/aromatic N) is 2. The van der Waals surface area contributed by atoms with Crippen LogP contribution in [-0.4, -0.2) is 32.5 Å². The summed E-state index contributed by atoms with van der Waals surface area (Å²) in [6.45, 7) is 7.02. The molecule has 0 aliphatic heterocycles. The summed E-state index contributed by atoms with van der Waals surface area (Å²) in [7, 11) is 0. The molecule has 134 valence electrons. The molecule has 1 atom stereocenters. The van der Waals surface area contributed by atoms with E-state index in [0.717, 1.165) is 5.69 Å². The quantitative estimate of drug-likeness (QED) is 0.743. The van der Waals surface area contributed by atoms with Gasteiger partial charge < -0.3 is 14.8 Å². The summed E-state index contributed by atoms with van der Waals surface area (Å²) in [6.07, 6.45) is 0.172. The highest BCUT2D eigenvalue weighted by Gasteiger charge is 2.20. The van der Waals surface area contributed by atoms with Gasteiger partial charge >= 0.3 is 5.97 Å². The Morgan fingerprint density at radius 2 is 2.00 bits per heavy atom. The van der Waals surface area contributed by atoms with E-state index in [9.17, 15) is 14.4 Å². The number of nitrogens with one attached hydrogen (secondary N) is 1. The van der Waals surface area contributed by atoms with Crippen molar-refractivity contribution in [2.24, 2.45) is 0 Å². The highest BCUT2D eigenvalue weighted by atomic mass is 16.4. The van der Waals surface area contributed by atoms with E-state index in [4.69, 9.17) is 9.52 Å². The molecular weight excluding hydrogens is 326 g/mol. The van der Waals surface area contributed by atoms with Crippen LogP contribution in [0.4, 0.5) is 0 Å². The number of carbonyl (C=O) groups is 3. The third-order valence-electron chi connectivity index (χ3n) is 3.91. The molecule has 2 heterocycles. The summed E-state index contributed by atoms with van der Waals surface area (Å²) < 4.78 is 6.76. The Hall–Kier alpha value is -2.90. The van der Waals surface area contributed by atoms with Gasteiger partial charge in [0, 0.05) is 12.1 Å². The smallest absolute Gasteiger partial charge is 0.371 e. The first-order valence-corrected chi connectivity index (χ1v) is 7.86. The molecule has 0 saturated carbocycles. The van der Waals surface area contributed by atoms with Gasteiger partial charge in [-0.15, -0.1) is 0 Å². The first kappa shape index (κ1) is 18.4. The third-order valence-corrected chi connectivity index (χ3v) is 3.91. The van der Waals surface area contributed by atoms with Crippen LogP contribution < -0.4 is 5.32 Å². The molecule has 25 heavy (non-hydrogen) atoms. The van der Waals surface area contributed by atoms with Crippen LogP contribution in [0, 0.1) is 13.8 Å². The van der Waals surface area contributed by atoms with E-state index in [2.05, 4.69) is 10.4 Å². The number of carboxylic acid groups (broad SMARTS) is 1. The van der Waals surface area contributed by atoms with Crippen LogP contribution in [0.3, 0.4) is 0 Å². The predicted molar refractivity (Wildman–Crippen MR) is 88.5 cm³/mol. The highest BCUT2D eigenvalue weighted by molar-refractivity contribution is 5.96. The van der Waals surface area contributed by atoms with Gasteiger partial charge in [-0.25, -0.2) is 4.79 Å². The van der Waals surface area contributed by atoms with Crippen molar-refractivity contribution in [2.45, 2.75) is 46.7 Å². The number of hydrogen-bond donors (Lipinski definition) is 2. The first-order valence-electron chi connectivity index (χ1n) is 7.86. The van der Waals surface area contributed by atoms with Crippen LogP contribution in [0.15, 0.2) is 16.5 Å². The number of carboxylic acids is 1. The summed E-state index contributed by atoms with van der Waals surface area (Å²) >= 11 is 0. The number of Topliss-reactive ketones (excluding diaryl/α,β-unsaturated/α-hetero) is 1. The minimum absolute atomic E-state index is 0.0510. The van der Waals surface area contributed by atoms with Gasteiger partial charge in [0.05, 0.1) is 23.8 Å². The Labute approximate surface area is 144 Å². The third kappa shape index (κ3) is 4.14. The Bertz CT molecular complexity index is 818. The summed E-state index contributed by atoms with van der Waals surface area (Å²) in [5.74, 6) is -1.24. The second kappa shape index (κ2) is 7.33. The second-order valence-corrected chi connectivity index (χ2v) is 5.95. The molecule has 0 fully saturated rings. The minimum Gasteiger partial charge on any atom is -0.475 e. The lowest BCUT2D eigenvalue weighted by Crippen LogP contribution is -2.26. The van der Waals surface area contributed by atoms with Gasteiger partial charge in [0.15, 0.2) is 5.78 Å². The second-order valence-electron chi connectivity index (χ2n) is 5.95. The number of carbonyl (C=O) groups excluding carboxylic acids is 2. The zero-order chi connectivity index (χ0) is 18.7. The molecule has 0 bridgehead atoms. The number of aromatic carboxylic acids is 1. The fourth-order valence-corrected chi connectivity index (χ4v) is 2.80. The van der Waals surface area contributed by atoms with Crippen LogP contribution >= 0.6 is 0 Å². The number of furan rings is 1. The SMILES string of the molecule is CC(=O)c1c(C)nn([C@@H](C)CC(=O)NCc2ccc(C(=O)O)o2)c1C. The lowest BCUT2D eigenvalue weighted by molar-refractivity contribution is -0.122. The van der Waals surface area contributed by atoms with Crippen molar-refractivity contribution >= 4 is 17.7 Å². The van der Waals surface area contributed by atoms with E-state index in [1.54, 1.807) is 18.5 Å². The van der Waals surface area contributed by atoms with Gasteiger partial charge in [0.2, 0.25) is 11.7 Å². The summed E-state index contributed by atoms with van der Waals surface area (Å²) in [5, 5.41) is 15.8. The molecule has 2 aromatic rings. The minimum atomic E-state index is -1.16. The van der Waals surface area contributed by atoms with Crippen LogP contribution in [0.2, 0.25) is 0 Å². The van der Waals surface area contributed by atoms with Gasteiger partial charge in [0.1, 0.15) is 5.76 Å². The molecular formula is C17H21N3O5. The molecule has 0 saturated heterocycles. The molecule has 8 nitrogen and oxygen atoms in total. The number of amides is 1. The van der Waals surface area contributed by atoms with Crippen molar-refractivity contribution in [3.05, 3.63) is 40.6 Å². The van der Waals surface area contributed by atoms with E-state index in [1.807, 2.05) is 6.92 Å². The van der Waals surface area contributed by atoms with Crippen molar-refractivity contribution in [1.29, 1.82) is 0 Å². The summed E-state index contributed by atoms with van der Waals surface area (Å²) in [5.41, 5.74) is 1.97. The van der Waals surface area contributed by atoms with Gasteiger partial charge in [-0.1, -0.05) is 0 Å². The number of hydrogen-bond acceptors (Lipinski definition) is 5. The standard InChI is InChI=1S/C17H21N3O5/c1-9(20-11(3)16(12(4)21)10(2)19-20)7-15(22)18-8-13-5-6-14(25-13)17(23)24/h5-6,9H,7-8H2,1-4H3,(H,18,22)(H,23,24)/t9-/m0/s1. The maximum atomic E-state index is 12.1. The van der Waals surface area contributed by atoms with Crippen LogP contribution in [0.25, 0.3) is 0 Å². The largest absolute Gasteiger partial charge is 0.475 e. The Balaban J connectivity index is 1.97. The highest BCUT2D eigenvalue weighted by Crippen LogP contribution is 2.20. The summed E-state index contributed by atoms with van der Waals surface area (Å²) in [4.78, 5) is 34.5. The lowest BCUT2D eigenvalue weighted by atomic mass is 10.1. The molecule has 0 unspecified atom stereocenters. The van der Waals surface area contributed by atoms with Gasteiger partial charge in [-0.2, -0.15) is 5.10 Å². The van der Waals surface area contributed by atoms with E-state index in [1.165, 1.54) is 19.1 Å². The molecule has 2 rings (SSSR count). The average Bonchev–Trinajstić information content (AvgIpc) is 3.09. The van der Waals surface area contributed by atoms with Crippen LogP contribution in [0.1, 0.15) is 64.4 Å².